The van der Waals surface area contributed by atoms with Crippen LogP contribution in [0.15, 0.2) is 30.5 Å². The molecule has 0 aliphatic rings. The van der Waals surface area contributed by atoms with Crippen LogP contribution in [0.5, 0.6) is 0 Å². The maximum absolute atomic E-state index is 4.11. The van der Waals surface area contributed by atoms with Crippen LogP contribution < -0.4 is 5.32 Å². The highest BCUT2D eigenvalue weighted by Gasteiger charge is 2.03. The van der Waals surface area contributed by atoms with Gasteiger partial charge in [0, 0.05) is 17.2 Å². The summed E-state index contributed by atoms with van der Waals surface area (Å²) in [5, 5.41) is 13.4. The highest BCUT2D eigenvalue weighted by atomic mass is 32.2. The molecule has 1 aromatic heterocycles. The van der Waals surface area contributed by atoms with Gasteiger partial charge in [0.25, 0.3) is 0 Å². The number of nitrogens with one attached hydrogen (secondary N) is 1. The molecule has 0 spiro atoms. The Kier molecular flexibility index (Phi) is 4.20. The largest absolute Gasteiger partial charge is 0.383 e. The van der Waals surface area contributed by atoms with Crippen LogP contribution in [0.25, 0.3) is 10.9 Å². The van der Waals surface area contributed by atoms with Crippen molar-refractivity contribution in [1.29, 1.82) is 0 Å². The molecule has 0 saturated carbocycles. The van der Waals surface area contributed by atoms with E-state index < -0.39 is 0 Å². The molecule has 2 rings (SSSR count). The zero-order valence-electron chi connectivity index (χ0n) is 10.2. The molecule has 1 atom stereocenters. The highest BCUT2D eigenvalue weighted by Crippen LogP contribution is 2.20. The Morgan fingerprint density at radius 3 is 3.00 bits per heavy atom. The van der Waals surface area contributed by atoms with Crippen LogP contribution in [0.4, 0.5) is 5.69 Å². The second-order valence-electron chi connectivity index (χ2n) is 4.04. The van der Waals surface area contributed by atoms with Crippen LogP contribution in [0.1, 0.15) is 13.3 Å². The van der Waals surface area contributed by atoms with E-state index in [1.54, 1.807) is 6.20 Å². The SMILES string of the molecule is CSC(C)CCNc1cnnc2ccccc12. The monoisotopic (exact) mass is 247 g/mol. The fraction of sp³-hybridized carbons (Fsp3) is 0.385. The molecule has 17 heavy (non-hydrogen) atoms. The van der Waals surface area contributed by atoms with Gasteiger partial charge in [-0.3, -0.25) is 0 Å². The van der Waals surface area contributed by atoms with Gasteiger partial charge in [-0.05, 0) is 18.7 Å². The minimum absolute atomic E-state index is 0.684. The molecule has 0 fully saturated rings. The molecule has 1 heterocycles. The Balaban J connectivity index is 2.08. The lowest BCUT2D eigenvalue weighted by Crippen LogP contribution is -2.08. The molecular weight excluding hydrogens is 230 g/mol. The van der Waals surface area contributed by atoms with E-state index in [4.69, 9.17) is 0 Å². The van der Waals surface area contributed by atoms with Crippen LogP contribution in [-0.2, 0) is 0 Å². The summed E-state index contributed by atoms with van der Waals surface area (Å²) in [6.45, 7) is 3.22. The van der Waals surface area contributed by atoms with E-state index in [9.17, 15) is 0 Å². The Hall–Kier alpha value is -1.29. The van der Waals surface area contributed by atoms with Crippen molar-refractivity contribution in [2.75, 3.05) is 18.1 Å². The van der Waals surface area contributed by atoms with Gasteiger partial charge < -0.3 is 5.32 Å². The lowest BCUT2D eigenvalue weighted by molar-refractivity contribution is 0.853. The standard InChI is InChI=1S/C13H17N3S/c1-10(17-2)7-8-14-13-9-15-16-12-6-4-3-5-11(12)13/h3-6,9-10H,7-8H2,1-2H3,(H,14,16). The maximum atomic E-state index is 4.11. The molecule has 0 radical (unpaired) electrons. The van der Waals surface area contributed by atoms with Gasteiger partial charge in [0.15, 0.2) is 0 Å². The van der Waals surface area contributed by atoms with Crippen molar-refractivity contribution in [2.24, 2.45) is 0 Å². The lowest BCUT2D eigenvalue weighted by Gasteiger charge is -2.11. The zero-order valence-corrected chi connectivity index (χ0v) is 11.0. The molecule has 2 aromatic rings. The lowest BCUT2D eigenvalue weighted by atomic mass is 10.2. The molecule has 0 amide bonds. The molecule has 0 aliphatic carbocycles. The van der Waals surface area contributed by atoms with Crippen LogP contribution >= 0.6 is 11.8 Å². The zero-order chi connectivity index (χ0) is 12.1. The van der Waals surface area contributed by atoms with Crippen molar-refractivity contribution in [3.63, 3.8) is 0 Å². The van der Waals surface area contributed by atoms with E-state index >= 15 is 0 Å². The van der Waals surface area contributed by atoms with Crippen molar-refractivity contribution in [1.82, 2.24) is 10.2 Å². The van der Waals surface area contributed by atoms with Crippen molar-refractivity contribution in [2.45, 2.75) is 18.6 Å². The van der Waals surface area contributed by atoms with Gasteiger partial charge in [-0.1, -0.05) is 25.1 Å². The maximum Gasteiger partial charge on any atom is 0.0950 e. The van der Waals surface area contributed by atoms with E-state index in [0.717, 1.165) is 29.6 Å². The molecular formula is C13H17N3S. The molecule has 3 nitrogen and oxygen atoms in total. The number of fused-ring (bicyclic) bond motifs is 1. The molecule has 0 aliphatic heterocycles. The van der Waals surface area contributed by atoms with Crippen LogP contribution in [0.3, 0.4) is 0 Å². The highest BCUT2D eigenvalue weighted by molar-refractivity contribution is 7.99. The van der Waals surface area contributed by atoms with Crippen molar-refractivity contribution in [3.8, 4) is 0 Å². The quantitative estimate of drug-likeness (QED) is 0.880. The Labute approximate surface area is 106 Å². The van der Waals surface area contributed by atoms with Gasteiger partial charge in [0.1, 0.15) is 0 Å². The minimum Gasteiger partial charge on any atom is -0.383 e. The molecule has 0 bridgehead atoms. The molecule has 90 valence electrons. The second-order valence-corrected chi connectivity index (χ2v) is 5.31. The van der Waals surface area contributed by atoms with Gasteiger partial charge >= 0.3 is 0 Å². The summed E-state index contributed by atoms with van der Waals surface area (Å²) in [6, 6.07) is 8.07. The van der Waals surface area contributed by atoms with E-state index in [1.807, 2.05) is 30.0 Å². The molecule has 1 unspecified atom stereocenters. The first-order chi connectivity index (χ1) is 8.31. The molecule has 0 saturated heterocycles. The number of aromatic nitrogens is 2. The number of hydrogen-bond acceptors (Lipinski definition) is 4. The van der Waals surface area contributed by atoms with Gasteiger partial charge in [-0.15, -0.1) is 0 Å². The van der Waals surface area contributed by atoms with Crippen LogP contribution in [0.2, 0.25) is 0 Å². The topological polar surface area (TPSA) is 37.8 Å². The van der Waals surface area contributed by atoms with Gasteiger partial charge in [-0.2, -0.15) is 22.0 Å². The predicted octanol–water partition coefficient (Wildman–Crippen LogP) is 3.18. The van der Waals surface area contributed by atoms with Crippen molar-refractivity contribution < 1.29 is 0 Å². The fourth-order valence-corrected chi connectivity index (χ4v) is 2.03. The summed E-state index contributed by atoms with van der Waals surface area (Å²) in [6.07, 6.45) is 5.10. The average molecular weight is 247 g/mol. The van der Waals surface area contributed by atoms with Gasteiger partial charge in [0.05, 0.1) is 17.4 Å². The van der Waals surface area contributed by atoms with E-state index in [2.05, 4.69) is 34.8 Å². The van der Waals surface area contributed by atoms with Gasteiger partial charge in [-0.25, -0.2) is 0 Å². The number of rotatable bonds is 5. The van der Waals surface area contributed by atoms with E-state index in [-0.39, 0.29) is 0 Å². The number of hydrogen-bond donors (Lipinski definition) is 1. The summed E-state index contributed by atoms with van der Waals surface area (Å²) in [4.78, 5) is 0. The molecule has 4 heteroatoms. The number of thioether (sulfide) groups is 1. The second kappa shape index (κ2) is 5.87. The smallest absolute Gasteiger partial charge is 0.0950 e. The first kappa shape index (κ1) is 12.2. The van der Waals surface area contributed by atoms with Crippen molar-refractivity contribution >= 4 is 28.4 Å². The summed E-state index contributed by atoms with van der Waals surface area (Å²) in [7, 11) is 0. The summed E-state index contributed by atoms with van der Waals surface area (Å²) < 4.78 is 0. The third-order valence-corrected chi connectivity index (χ3v) is 3.86. The number of anilines is 1. The first-order valence-electron chi connectivity index (χ1n) is 5.78. The van der Waals surface area contributed by atoms with E-state index in [1.165, 1.54) is 0 Å². The fourth-order valence-electron chi connectivity index (χ4n) is 1.68. The predicted molar refractivity (Wildman–Crippen MR) is 75.6 cm³/mol. The van der Waals surface area contributed by atoms with E-state index in [0.29, 0.717) is 5.25 Å². The Morgan fingerprint density at radius 1 is 1.35 bits per heavy atom. The van der Waals surface area contributed by atoms with Crippen LogP contribution in [-0.4, -0.2) is 28.2 Å². The minimum atomic E-state index is 0.684. The first-order valence-corrected chi connectivity index (χ1v) is 7.07. The van der Waals surface area contributed by atoms with Gasteiger partial charge in [0.2, 0.25) is 0 Å². The normalized spacial score (nSPS) is 12.6. The number of benzene rings is 1. The molecule has 1 aromatic carbocycles. The summed E-state index contributed by atoms with van der Waals surface area (Å²) in [5.74, 6) is 0. The van der Waals surface area contributed by atoms with Crippen LogP contribution in [0, 0.1) is 0 Å². The molecule has 1 N–H and O–H groups in total. The summed E-state index contributed by atoms with van der Waals surface area (Å²) >= 11 is 1.90. The average Bonchev–Trinajstić information content (AvgIpc) is 2.39. The third kappa shape index (κ3) is 3.09. The Bertz CT molecular complexity index is 482. The number of nitrogens with zero attached hydrogens (tertiary/aromatic N) is 2. The van der Waals surface area contributed by atoms with Crippen molar-refractivity contribution in [3.05, 3.63) is 30.5 Å². The third-order valence-electron chi connectivity index (χ3n) is 2.82. The Morgan fingerprint density at radius 2 is 2.18 bits per heavy atom. The summed E-state index contributed by atoms with van der Waals surface area (Å²) in [5.41, 5.74) is 2.01.